The molecule has 21 heavy (non-hydrogen) atoms. The van der Waals surface area contributed by atoms with Crippen LogP contribution in [-0.4, -0.2) is 35.9 Å². The minimum absolute atomic E-state index is 0.000716. The number of aliphatic carboxylic acids is 1. The summed E-state index contributed by atoms with van der Waals surface area (Å²) in [5.41, 5.74) is -0.261. The van der Waals surface area contributed by atoms with Crippen LogP contribution in [-0.2, 0) is 9.53 Å². The van der Waals surface area contributed by atoms with Crippen molar-refractivity contribution in [2.75, 3.05) is 13.2 Å². The van der Waals surface area contributed by atoms with Crippen molar-refractivity contribution in [1.29, 1.82) is 0 Å². The van der Waals surface area contributed by atoms with Crippen LogP contribution in [0.1, 0.15) is 34.7 Å². The number of amides is 2. The third kappa shape index (κ3) is 3.36. The van der Waals surface area contributed by atoms with Gasteiger partial charge in [0.1, 0.15) is 0 Å². The molecule has 116 valence electrons. The van der Waals surface area contributed by atoms with Crippen molar-refractivity contribution < 1.29 is 19.4 Å². The van der Waals surface area contributed by atoms with E-state index < -0.39 is 17.5 Å². The number of hydrogen-bond acceptors (Lipinski definition) is 4. The Labute approximate surface area is 127 Å². The van der Waals surface area contributed by atoms with Crippen LogP contribution in [0.2, 0.25) is 0 Å². The van der Waals surface area contributed by atoms with Crippen molar-refractivity contribution in [2.45, 2.75) is 38.8 Å². The fraction of sp³-hybridized carbons (Fsp3) is 0.571. The van der Waals surface area contributed by atoms with Crippen LogP contribution >= 0.6 is 11.3 Å². The summed E-state index contributed by atoms with van der Waals surface area (Å²) < 4.78 is 5.11. The number of urea groups is 1. The van der Waals surface area contributed by atoms with Gasteiger partial charge in [0, 0.05) is 22.8 Å². The Morgan fingerprint density at radius 2 is 2.19 bits per heavy atom. The molecule has 0 aliphatic carbocycles. The molecule has 1 aliphatic heterocycles. The molecule has 0 radical (unpaired) electrons. The third-order valence-corrected chi connectivity index (χ3v) is 4.66. The number of aryl methyl sites for hydroxylation is 2. The van der Waals surface area contributed by atoms with Crippen molar-refractivity contribution in [3.05, 3.63) is 21.4 Å². The molecule has 2 atom stereocenters. The molecule has 0 spiro atoms. The quantitative estimate of drug-likeness (QED) is 0.793. The Morgan fingerprint density at radius 1 is 1.48 bits per heavy atom. The number of ether oxygens (including phenoxy) is 1. The fourth-order valence-corrected chi connectivity index (χ4v) is 3.52. The van der Waals surface area contributed by atoms with E-state index >= 15 is 0 Å². The number of hydrogen-bond donors (Lipinski definition) is 3. The van der Waals surface area contributed by atoms with Crippen molar-refractivity contribution in [1.82, 2.24) is 10.6 Å². The predicted octanol–water partition coefficient (Wildman–Crippen LogP) is 1.97. The highest BCUT2D eigenvalue weighted by Gasteiger charge is 2.44. The Bertz CT molecular complexity index is 549. The Kier molecular flexibility index (Phi) is 4.53. The van der Waals surface area contributed by atoms with Gasteiger partial charge in [-0.1, -0.05) is 0 Å². The lowest BCUT2D eigenvalue weighted by Crippen LogP contribution is -2.57. The number of carboxylic acid groups (broad SMARTS) is 1. The average Bonchev–Trinajstić information content (AvgIpc) is 2.96. The molecule has 2 amide bonds. The van der Waals surface area contributed by atoms with Crippen LogP contribution in [0.15, 0.2) is 6.07 Å². The third-order valence-electron chi connectivity index (χ3n) is 3.68. The standard InChI is InChI=1S/C14H20N2O4S/c1-8-6-11(10(3)21-8)9(2)15-13(19)16-14(12(17)18)4-5-20-7-14/h6,9H,4-5,7H2,1-3H3,(H,17,18)(H2,15,16,19). The van der Waals surface area contributed by atoms with Crippen molar-refractivity contribution in [3.8, 4) is 0 Å². The summed E-state index contributed by atoms with van der Waals surface area (Å²) >= 11 is 1.68. The Hall–Kier alpha value is -1.60. The summed E-state index contributed by atoms with van der Waals surface area (Å²) in [6.07, 6.45) is 0.278. The van der Waals surface area contributed by atoms with Gasteiger partial charge in [-0.25, -0.2) is 9.59 Å². The van der Waals surface area contributed by atoms with E-state index in [0.717, 1.165) is 10.4 Å². The zero-order chi connectivity index (χ0) is 15.6. The lowest BCUT2D eigenvalue weighted by molar-refractivity contribution is -0.144. The maximum absolute atomic E-state index is 12.1. The second-order valence-corrected chi connectivity index (χ2v) is 6.84. The van der Waals surface area contributed by atoms with Crippen LogP contribution in [0, 0.1) is 13.8 Å². The molecule has 6 nitrogen and oxygen atoms in total. The summed E-state index contributed by atoms with van der Waals surface area (Å²) in [5.74, 6) is -1.06. The first kappa shape index (κ1) is 15.8. The van der Waals surface area contributed by atoms with E-state index in [4.69, 9.17) is 4.74 Å². The summed E-state index contributed by atoms with van der Waals surface area (Å²) in [4.78, 5) is 25.8. The van der Waals surface area contributed by atoms with E-state index in [2.05, 4.69) is 10.6 Å². The molecule has 0 saturated carbocycles. The van der Waals surface area contributed by atoms with E-state index in [1.807, 2.05) is 26.8 Å². The Balaban J connectivity index is 2.01. The highest BCUT2D eigenvalue weighted by Crippen LogP contribution is 2.26. The number of carbonyl (C=O) groups is 2. The molecule has 0 bridgehead atoms. The number of carboxylic acids is 1. The van der Waals surface area contributed by atoms with Crippen LogP contribution in [0.5, 0.6) is 0 Å². The molecule has 1 saturated heterocycles. The summed E-state index contributed by atoms with van der Waals surface area (Å²) in [7, 11) is 0. The van der Waals surface area contributed by atoms with E-state index in [0.29, 0.717) is 6.61 Å². The van der Waals surface area contributed by atoms with Crippen LogP contribution in [0.25, 0.3) is 0 Å². The normalized spacial score (nSPS) is 22.8. The van der Waals surface area contributed by atoms with Crippen LogP contribution in [0.3, 0.4) is 0 Å². The first-order chi connectivity index (χ1) is 9.84. The first-order valence-electron chi connectivity index (χ1n) is 6.81. The van der Waals surface area contributed by atoms with E-state index in [1.54, 1.807) is 11.3 Å². The van der Waals surface area contributed by atoms with Gasteiger partial charge in [0.25, 0.3) is 0 Å². The zero-order valence-electron chi connectivity index (χ0n) is 12.4. The largest absolute Gasteiger partial charge is 0.479 e. The maximum atomic E-state index is 12.1. The van der Waals surface area contributed by atoms with Crippen molar-refractivity contribution >= 4 is 23.3 Å². The zero-order valence-corrected chi connectivity index (χ0v) is 13.2. The lowest BCUT2D eigenvalue weighted by atomic mass is 9.99. The second kappa shape index (κ2) is 6.03. The smallest absolute Gasteiger partial charge is 0.332 e. The van der Waals surface area contributed by atoms with Crippen LogP contribution in [0.4, 0.5) is 4.79 Å². The summed E-state index contributed by atoms with van der Waals surface area (Å²) in [6.45, 7) is 6.24. The molecule has 2 unspecified atom stereocenters. The van der Waals surface area contributed by atoms with Crippen molar-refractivity contribution in [2.24, 2.45) is 0 Å². The van der Waals surface area contributed by atoms with Gasteiger partial charge < -0.3 is 20.5 Å². The topological polar surface area (TPSA) is 87.7 Å². The lowest BCUT2D eigenvalue weighted by Gasteiger charge is -2.25. The molecule has 2 heterocycles. The molecule has 1 aliphatic rings. The van der Waals surface area contributed by atoms with Gasteiger partial charge in [0.15, 0.2) is 5.54 Å². The van der Waals surface area contributed by atoms with Gasteiger partial charge in [-0.05, 0) is 32.4 Å². The number of thiophene rings is 1. The van der Waals surface area contributed by atoms with E-state index in [-0.39, 0.29) is 19.1 Å². The molecule has 3 N–H and O–H groups in total. The predicted molar refractivity (Wildman–Crippen MR) is 79.7 cm³/mol. The SMILES string of the molecule is Cc1cc(C(C)NC(=O)NC2(C(=O)O)CCOC2)c(C)s1. The summed E-state index contributed by atoms with van der Waals surface area (Å²) in [5, 5.41) is 14.6. The van der Waals surface area contributed by atoms with Gasteiger partial charge in [-0.3, -0.25) is 0 Å². The van der Waals surface area contributed by atoms with Gasteiger partial charge in [0.05, 0.1) is 12.6 Å². The average molecular weight is 312 g/mol. The van der Waals surface area contributed by atoms with E-state index in [9.17, 15) is 14.7 Å². The Morgan fingerprint density at radius 3 is 2.67 bits per heavy atom. The maximum Gasteiger partial charge on any atom is 0.332 e. The van der Waals surface area contributed by atoms with Gasteiger partial charge in [-0.2, -0.15) is 0 Å². The van der Waals surface area contributed by atoms with Gasteiger partial charge >= 0.3 is 12.0 Å². The van der Waals surface area contributed by atoms with Crippen molar-refractivity contribution in [3.63, 3.8) is 0 Å². The van der Waals surface area contributed by atoms with Crippen LogP contribution < -0.4 is 10.6 Å². The molecule has 2 rings (SSSR count). The summed E-state index contributed by atoms with van der Waals surface area (Å²) in [6, 6.07) is 1.37. The second-order valence-electron chi connectivity index (χ2n) is 5.38. The number of rotatable bonds is 4. The highest BCUT2D eigenvalue weighted by molar-refractivity contribution is 7.12. The number of nitrogens with one attached hydrogen (secondary N) is 2. The minimum Gasteiger partial charge on any atom is -0.479 e. The molecule has 0 aromatic carbocycles. The molecular formula is C14H20N2O4S. The molecule has 1 aromatic rings. The van der Waals surface area contributed by atoms with Gasteiger partial charge in [0.2, 0.25) is 0 Å². The number of carbonyl (C=O) groups excluding carboxylic acids is 1. The highest BCUT2D eigenvalue weighted by atomic mass is 32.1. The first-order valence-corrected chi connectivity index (χ1v) is 7.62. The monoisotopic (exact) mass is 312 g/mol. The minimum atomic E-state index is -1.32. The molecule has 7 heteroatoms. The van der Waals surface area contributed by atoms with E-state index in [1.165, 1.54) is 4.88 Å². The molecule has 1 aromatic heterocycles. The fourth-order valence-electron chi connectivity index (χ4n) is 2.49. The molecular weight excluding hydrogens is 292 g/mol. The van der Waals surface area contributed by atoms with Gasteiger partial charge in [-0.15, -0.1) is 11.3 Å². The molecule has 1 fully saturated rings.